The van der Waals surface area contributed by atoms with Gasteiger partial charge in [0.1, 0.15) is 11.4 Å². The quantitative estimate of drug-likeness (QED) is 0.390. The Kier molecular flexibility index (Phi) is 4.37. The van der Waals surface area contributed by atoms with Crippen molar-refractivity contribution in [2.45, 2.75) is 26.7 Å². The van der Waals surface area contributed by atoms with Crippen LogP contribution in [0.5, 0.6) is 11.8 Å². The van der Waals surface area contributed by atoms with Gasteiger partial charge in [-0.3, -0.25) is 0 Å². The molecule has 6 heteroatoms. The third kappa shape index (κ3) is 3.47. The summed E-state index contributed by atoms with van der Waals surface area (Å²) in [6.45, 7) is 6.18. The number of amidine groups is 1. The van der Waals surface area contributed by atoms with Crippen LogP contribution in [0.1, 0.15) is 36.6 Å². The van der Waals surface area contributed by atoms with Crippen molar-refractivity contribution in [2.75, 3.05) is 0 Å². The molecule has 2 aromatic rings. The highest BCUT2D eigenvalue weighted by Crippen LogP contribution is 2.27. The molecular formula is C15H18N4O2. The standard InChI is InChI=1S/C15H18N4O2/c1-9(2)11-5-4-10(3)13(8-11)21-15-17-7-6-12(18-15)14(16)19-20/h4-9,20H,1-3H3,(H2,16,19). The zero-order valence-corrected chi connectivity index (χ0v) is 12.2. The van der Waals surface area contributed by atoms with Crippen LogP contribution < -0.4 is 10.5 Å². The molecule has 0 fully saturated rings. The second kappa shape index (κ2) is 6.21. The fraction of sp³-hybridized carbons (Fsp3) is 0.267. The number of nitrogens with two attached hydrogens (primary N) is 1. The third-order valence-corrected chi connectivity index (χ3v) is 3.08. The number of hydrogen-bond donors (Lipinski definition) is 2. The van der Waals surface area contributed by atoms with Gasteiger partial charge in [-0.2, -0.15) is 4.98 Å². The second-order valence-corrected chi connectivity index (χ2v) is 4.99. The lowest BCUT2D eigenvalue weighted by Crippen LogP contribution is -2.15. The van der Waals surface area contributed by atoms with Crippen LogP contribution in [0, 0.1) is 6.92 Å². The maximum Gasteiger partial charge on any atom is 0.322 e. The van der Waals surface area contributed by atoms with Crippen molar-refractivity contribution in [2.24, 2.45) is 10.9 Å². The van der Waals surface area contributed by atoms with Crippen LogP contribution in [0.15, 0.2) is 35.6 Å². The largest absolute Gasteiger partial charge is 0.424 e. The van der Waals surface area contributed by atoms with Crippen molar-refractivity contribution < 1.29 is 9.94 Å². The Bertz CT molecular complexity index is 668. The van der Waals surface area contributed by atoms with E-state index in [0.29, 0.717) is 17.4 Å². The molecule has 0 saturated carbocycles. The molecule has 2 rings (SSSR count). The lowest BCUT2D eigenvalue weighted by molar-refractivity contribution is 0.318. The highest BCUT2D eigenvalue weighted by Gasteiger charge is 2.09. The van der Waals surface area contributed by atoms with E-state index < -0.39 is 0 Å². The van der Waals surface area contributed by atoms with Gasteiger partial charge >= 0.3 is 6.01 Å². The van der Waals surface area contributed by atoms with Crippen molar-refractivity contribution in [1.29, 1.82) is 0 Å². The Hall–Kier alpha value is -2.63. The van der Waals surface area contributed by atoms with Gasteiger partial charge in [0.2, 0.25) is 0 Å². The normalized spacial score (nSPS) is 11.7. The van der Waals surface area contributed by atoms with Crippen LogP contribution in [0.2, 0.25) is 0 Å². The van der Waals surface area contributed by atoms with Crippen molar-refractivity contribution in [1.82, 2.24) is 9.97 Å². The van der Waals surface area contributed by atoms with Crippen LogP contribution in [0.25, 0.3) is 0 Å². The fourth-order valence-electron chi connectivity index (χ4n) is 1.77. The SMILES string of the molecule is Cc1ccc(C(C)C)cc1Oc1nccc(/C(N)=N/O)n1. The van der Waals surface area contributed by atoms with Gasteiger partial charge in [0.05, 0.1) is 0 Å². The highest BCUT2D eigenvalue weighted by atomic mass is 16.5. The van der Waals surface area contributed by atoms with Crippen LogP contribution in [0.3, 0.4) is 0 Å². The zero-order valence-electron chi connectivity index (χ0n) is 12.2. The minimum atomic E-state index is -0.0881. The molecule has 0 unspecified atom stereocenters. The molecule has 0 atom stereocenters. The first kappa shape index (κ1) is 14.8. The Morgan fingerprint density at radius 1 is 1.33 bits per heavy atom. The molecule has 110 valence electrons. The molecule has 21 heavy (non-hydrogen) atoms. The van der Waals surface area contributed by atoms with E-state index in [9.17, 15) is 0 Å². The first-order valence-corrected chi connectivity index (χ1v) is 6.60. The Labute approximate surface area is 123 Å². The van der Waals surface area contributed by atoms with Crippen molar-refractivity contribution >= 4 is 5.84 Å². The number of rotatable bonds is 4. The second-order valence-electron chi connectivity index (χ2n) is 4.99. The van der Waals surface area contributed by atoms with E-state index in [1.807, 2.05) is 19.1 Å². The molecular weight excluding hydrogens is 268 g/mol. The number of aryl methyl sites for hydroxylation is 1. The minimum Gasteiger partial charge on any atom is -0.424 e. The average Bonchev–Trinajstić information content (AvgIpc) is 2.48. The Balaban J connectivity index is 2.32. The van der Waals surface area contributed by atoms with Crippen molar-refractivity contribution in [3.63, 3.8) is 0 Å². The predicted molar refractivity (Wildman–Crippen MR) is 79.9 cm³/mol. The number of ether oxygens (including phenoxy) is 1. The molecule has 0 aliphatic rings. The summed E-state index contributed by atoms with van der Waals surface area (Å²) in [6, 6.07) is 7.74. The topological polar surface area (TPSA) is 93.6 Å². The van der Waals surface area contributed by atoms with E-state index in [-0.39, 0.29) is 11.8 Å². The van der Waals surface area contributed by atoms with Gasteiger partial charge in [-0.15, -0.1) is 0 Å². The molecule has 0 radical (unpaired) electrons. The molecule has 1 heterocycles. The molecule has 0 bridgehead atoms. The molecule has 1 aromatic carbocycles. The van der Waals surface area contributed by atoms with E-state index in [4.69, 9.17) is 15.7 Å². The lowest BCUT2D eigenvalue weighted by Gasteiger charge is -2.11. The van der Waals surface area contributed by atoms with Gasteiger partial charge in [-0.25, -0.2) is 4.98 Å². The number of benzene rings is 1. The van der Waals surface area contributed by atoms with Crippen molar-refractivity contribution in [3.8, 4) is 11.8 Å². The summed E-state index contributed by atoms with van der Waals surface area (Å²) in [7, 11) is 0. The number of oxime groups is 1. The molecule has 1 aromatic heterocycles. The van der Waals surface area contributed by atoms with Gasteiger partial charge in [0, 0.05) is 6.20 Å². The van der Waals surface area contributed by atoms with Crippen LogP contribution >= 0.6 is 0 Å². The summed E-state index contributed by atoms with van der Waals surface area (Å²) in [5.74, 6) is 1.00. The molecule has 0 aliphatic carbocycles. The first-order chi connectivity index (χ1) is 10.0. The Morgan fingerprint density at radius 2 is 2.10 bits per heavy atom. The zero-order chi connectivity index (χ0) is 15.4. The predicted octanol–water partition coefficient (Wildman–Crippen LogP) is 2.80. The van der Waals surface area contributed by atoms with E-state index in [0.717, 1.165) is 5.56 Å². The molecule has 3 N–H and O–H groups in total. The summed E-state index contributed by atoms with van der Waals surface area (Å²) in [5, 5.41) is 11.6. The van der Waals surface area contributed by atoms with E-state index >= 15 is 0 Å². The summed E-state index contributed by atoms with van der Waals surface area (Å²) < 4.78 is 5.72. The third-order valence-electron chi connectivity index (χ3n) is 3.08. The van der Waals surface area contributed by atoms with Gasteiger partial charge in [-0.05, 0) is 36.1 Å². The molecule has 0 saturated heterocycles. The van der Waals surface area contributed by atoms with Gasteiger partial charge < -0.3 is 15.7 Å². The molecule has 0 amide bonds. The van der Waals surface area contributed by atoms with Crippen molar-refractivity contribution in [3.05, 3.63) is 47.3 Å². The number of aromatic nitrogens is 2. The van der Waals surface area contributed by atoms with E-state index in [2.05, 4.69) is 35.0 Å². The fourth-order valence-corrected chi connectivity index (χ4v) is 1.77. The molecule has 0 spiro atoms. The molecule has 6 nitrogen and oxygen atoms in total. The van der Waals surface area contributed by atoms with Gasteiger partial charge in [-0.1, -0.05) is 31.1 Å². The highest BCUT2D eigenvalue weighted by molar-refractivity contribution is 5.95. The minimum absolute atomic E-state index is 0.0881. The van der Waals surface area contributed by atoms with E-state index in [1.165, 1.54) is 11.8 Å². The summed E-state index contributed by atoms with van der Waals surface area (Å²) in [5.41, 5.74) is 7.96. The van der Waals surface area contributed by atoms with Crippen LogP contribution in [-0.2, 0) is 0 Å². The first-order valence-electron chi connectivity index (χ1n) is 6.60. The summed E-state index contributed by atoms with van der Waals surface area (Å²) in [6.07, 6.45) is 1.50. The lowest BCUT2D eigenvalue weighted by atomic mass is 10.0. The van der Waals surface area contributed by atoms with E-state index in [1.54, 1.807) is 6.07 Å². The van der Waals surface area contributed by atoms with Crippen LogP contribution in [0.4, 0.5) is 0 Å². The Morgan fingerprint density at radius 3 is 2.76 bits per heavy atom. The summed E-state index contributed by atoms with van der Waals surface area (Å²) in [4.78, 5) is 8.15. The number of nitrogens with zero attached hydrogens (tertiary/aromatic N) is 3. The average molecular weight is 286 g/mol. The summed E-state index contributed by atoms with van der Waals surface area (Å²) >= 11 is 0. The smallest absolute Gasteiger partial charge is 0.322 e. The number of hydrogen-bond acceptors (Lipinski definition) is 5. The monoisotopic (exact) mass is 286 g/mol. The molecule has 0 aliphatic heterocycles. The van der Waals surface area contributed by atoms with Crippen LogP contribution in [-0.4, -0.2) is 21.0 Å². The van der Waals surface area contributed by atoms with Gasteiger partial charge in [0.15, 0.2) is 5.84 Å². The maximum absolute atomic E-state index is 8.67. The van der Waals surface area contributed by atoms with Gasteiger partial charge in [0.25, 0.3) is 0 Å². The maximum atomic E-state index is 8.67.